The average molecular weight is 367 g/mol. The Kier molecular flexibility index (Phi) is 6.26. The van der Waals surface area contributed by atoms with Gasteiger partial charge in [0, 0.05) is 35.7 Å². The minimum absolute atomic E-state index is 0.0312. The van der Waals surface area contributed by atoms with Crippen molar-refractivity contribution >= 4 is 17.9 Å². The maximum absolute atomic E-state index is 12.3. The number of likely N-dealkylation sites (N-methyl/N-ethyl adjacent to an activating group) is 1. The van der Waals surface area contributed by atoms with E-state index in [1.165, 1.54) is 11.0 Å². The molecule has 0 radical (unpaired) electrons. The van der Waals surface area contributed by atoms with E-state index in [0.29, 0.717) is 0 Å². The zero-order valence-electron chi connectivity index (χ0n) is 17.0. The van der Waals surface area contributed by atoms with Crippen molar-refractivity contribution in [1.82, 2.24) is 14.8 Å². The summed E-state index contributed by atoms with van der Waals surface area (Å²) in [5, 5.41) is 2.86. The molecular formula is C22H29N3O2. The van der Waals surface area contributed by atoms with Crippen LogP contribution in [0.25, 0.3) is 11.8 Å². The Morgan fingerprint density at radius 2 is 1.78 bits per heavy atom. The van der Waals surface area contributed by atoms with Crippen molar-refractivity contribution < 1.29 is 9.59 Å². The smallest absolute Gasteiger partial charge is 0.246 e. The van der Waals surface area contributed by atoms with Crippen LogP contribution in [0.1, 0.15) is 37.7 Å². The van der Waals surface area contributed by atoms with Crippen molar-refractivity contribution in [1.29, 1.82) is 0 Å². The summed E-state index contributed by atoms with van der Waals surface area (Å²) >= 11 is 0. The fourth-order valence-electron chi connectivity index (χ4n) is 2.97. The highest BCUT2D eigenvalue weighted by Crippen LogP contribution is 2.21. The Labute approximate surface area is 161 Å². The summed E-state index contributed by atoms with van der Waals surface area (Å²) in [6.45, 7) is 9.84. The number of nitrogens with zero attached hydrogens (tertiary/aromatic N) is 2. The number of benzene rings is 1. The number of hydrogen-bond donors (Lipinski definition) is 1. The molecule has 0 unspecified atom stereocenters. The lowest BCUT2D eigenvalue weighted by Crippen LogP contribution is -2.46. The van der Waals surface area contributed by atoms with Crippen molar-refractivity contribution in [3.8, 4) is 5.69 Å². The predicted octanol–water partition coefficient (Wildman–Crippen LogP) is 3.48. The first-order chi connectivity index (χ1) is 12.6. The van der Waals surface area contributed by atoms with E-state index in [9.17, 15) is 9.59 Å². The molecule has 0 saturated heterocycles. The highest BCUT2D eigenvalue weighted by atomic mass is 16.2. The number of hydrogen-bond acceptors (Lipinski definition) is 2. The number of carbonyl (C=O) groups is 2. The minimum atomic E-state index is -0.314. The normalized spacial score (nSPS) is 11.6. The van der Waals surface area contributed by atoms with E-state index in [0.717, 1.165) is 22.6 Å². The van der Waals surface area contributed by atoms with E-state index in [4.69, 9.17) is 0 Å². The molecule has 0 spiro atoms. The lowest BCUT2D eigenvalue weighted by molar-refractivity contribution is -0.131. The molecule has 144 valence electrons. The Balaban J connectivity index is 2.09. The quantitative estimate of drug-likeness (QED) is 0.823. The molecule has 0 atom stereocenters. The van der Waals surface area contributed by atoms with Crippen molar-refractivity contribution in [3.63, 3.8) is 0 Å². The third-order valence-electron chi connectivity index (χ3n) is 4.16. The summed E-state index contributed by atoms with van der Waals surface area (Å²) in [7, 11) is 1.63. The molecule has 5 heteroatoms. The molecule has 0 aliphatic heterocycles. The van der Waals surface area contributed by atoms with Gasteiger partial charge in [0.1, 0.15) is 0 Å². The lowest BCUT2D eigenvalue weighted by Gasteiger charge is -2.22. The highest BCUT2D eigenvalue weighted by molar-refractivity contribution is 5.94. The number of amides is 2. The third kappa shape index (κ3) is 5.58. The van der Waals surface area contributed by atoms with Crippen LogP contribution in [-0.2, 0) is 9.59 Å². The van der Waals surface area contributed by atoms with Gasteiger partial charge >= 0.3 is 0 Å². The number of aryl methyl sites for hydroxylation is 1. The van der Waals surface area contributed by atoms with Gasteiger partial charge in [0.15, 0.2) is 0 Å². The fourth-order valence-corrected chi connectivity index (χ4v) is 2.97. The van der Waals surface area contributed by atoms with Gasteiger partial charge in [0.25, 0.3) is 0 Å². The van der Waals surface area contributed by atoms with Crippen molar-refractivity contribution in [3.05, 3.63) is 59.4 Å². The molecule has 1 N–H and O–H groups in total. The van der Waals surface area contributed by atoms with Gasteiger partial charge in [-0.25, -0.2) is 0 Å². The third-order valence-corrected chi connectivity index (χ3v) is 4.16. The molecule has 1 aromatic carbocycles. The van der Waals surface area contributed by atoms with Crippen LogP contribution in [0.5, 0.6) is 0 Å². The maximum atomic E-state index is 12.3. The zero-order valence-corrected chi connectivity index (χ0v) is 17.0. The van der Waals surface area contributed by atoms with Gasteiger partial charge < -0.3 is 14.8 Å². The van der Waals surface area contributed by atoms with Crippen molar-refractivity contribution in [2.45, 2.75) is 40.2 Å². The minimum Gasteiger partial charge on any atom is -0.350 e. The molecular weight excluding hydrogens is 338 g/mol. The second-order valence-corrected chi connectivity index (χ2v) is 7.82. The standard InChI is InChI=1S/C22H29N3O2/c1-16-14-18(17(2)25(16)19-10-8-7-9-11-19)12-13-21(27)24(6)15-20(26)23-22(3,4)5/h7-14H,15H2,1-6H3,(H,23,26). The average Bonchev–Trinajstić information content (AvgIpc) is 2.85. The first-order valence-electron chi connectivity index (χ1n) is 9.07. The molecule has 1 aromatic heterocycles. The molecule has 1 heterocycles. The van der Waals surface area contributed by atoms with Gasteiger partial charge in [-0.05, 0) is 64.5 Å². The van der Waals surface area contributed by atoms with Gasteiger partial charge in [0.2, 0.25) is 11.8 Å². The summed E-state index contributed by atoms with van der Waals surface area (Å²) in [5.41, 5.74) is 3.93. The van der Waals surface area contributed by atoms with E-state index in [1.807, 2.05) is 58.9 Å². The molecule has 27 heavy (non-hydrogen) atoms. The number of para-hydroxylation sites is 1. The van der Waals surface area contributed by atoms with Gasteiger partial charge in [-0.3, -0.25) is 9.59 Å². The first kappa shape index (κ1) is 20.5. The van der Waals surface area contributed by atoms with Crippen molar-refractivity contribution in [2.75, 3.05) is 13.6 Å². The summed E-state index contributed by atoms with van der Waals surface area (Å²) < 4.78 is 2.16. The van der Waals surface area contributed by atoms with Gasteiger partial charge in [0.05, 0.1) is 6.54 Å². The summed E-state index contributed by atoms with van der Waals surface area (Å²) in [5.74, 6) is -0.377. The maximum Gasteiger partial charge on any atom is 0.246 e. The van der Waals surface area contributed by atoms with E-state index < -0.39 is 0 Å². The van der Waals surface area contributed by atoms with Crippen molar-refractivity contribution in [2.24, 2.45) is 0 Å². The summed E-state index contributed by atoms with van der Waals surface area (Å²) in [6, 6.07) is 12.2. The zero-order chi connectivity index (χ0) is 20.2. The Hall–Kier alpha value is -2.82. The Morgan fingerprint density at radius 1 is 1.15 bits per heavy atom. The van der Waals surface area contributed by atoms with Crippen LogP contribution in [0.2, 0.25) is 0 Å². The lowest BCUT2D eigenvalue weighted by atomic mass is 10.1. The van der Waals surface area contributed by atoms with E-state index in [2.05, 4.69) is 28.1 Å². The van der Waals surface area contributed by atoms with E-state index in [1.54, 1.807) is 7.05 Å². The molecule has 0 fully saturated rings. The number of nitrogens with one attached hydrogen (secondary N) is 1. The molecule has 0 aliphatic carbocycles. The largest absolute Gasteiger partial charge is 0.350 e. The Morgan fingerprint density at radius 3 is 2.37 bits per heavy atom. The first-order valence-corrected chi connectivity index (χ1v) is 9.07. The van der Waals surface area contributed by atoms with E-state index in [-0.39, 0.29) is 23.9 Å². The Bertz CT molecular complexity index is 842. The molecule has 0 saturated carbocycles. The molecule has 0 aliphatic rings. The monoisotopic (exact) mass is 367 g/mol. The SMILES string of the molecule is Cc1cc(C=CC(=O)N(C)CC(=O)NC(C)(C)C)c(C)n1-c1ccccc1. The molecule has 5 nitrogen and oxygen atoms in total. The van der Waals surface area contributed by atoms with Crippen LogP contribution in [-0.4, -0.2) is 40.4 Å². The molecule has 2 amide bonds. The van der Waals surface area contributed by atoms with Crippen LogP contribution in [0.4, 0.5) is 0 Å². The van der Waals surface area contributed by atoms with Gasteiger partial charge in [-0.1, -0.05) is 18.2 Å². The van der Waals surface area contributed by atoms with Crippen LogP contribution in [0.3, 0.4) is 0 Å². The predicted molar refractivity (Wildman–Crippen MR) is 110 cm³/mol. The second kappa shape index (κ2) is 8.25. The summed E-state index contributed by atoms with van der Waals surface area (Å²) in [4.78, 5) is 25.7. The van der Waals surface area contributed by atoms with Crippen LogP contribution < -0.4 is 5.32 Å². The summed E-state index contributed by atoms with van der Waals surface area (Å²) in [6.07, 6.45) is 3.32. The molecule has 2 aromatic rings. The van der Waals surface area contributed by atoms with Crippen LogP contribution in [0, 0.1) is 13.8 Å². The van der Waals surface area contributed by atoms with Crippen LogP contribution >= 0.6 is 0 Å². The topological polar surface area (TPSA) is 54.3 Å². The molecule has 0 bridgehead atoms. The number of aromatic nitrogens is 1. The van der Waals surface area contributed by atoms with Crippen LogP contribution in [0.15, 0.2) is 42.5 Å². The number of rotatable bonds is 5. The fraction of sp³-hybridized carbons (Fsp3) is 0.364. The second-order valence-electron chi connectivity index (χ2n) is 7.82. The van der Waals surface area contributed by atoms with Gasteiger partial charge in [-0.15, -0.1) is 0 Å². The number of carbonyl (C=O) groups excluding carboxylic acids is 2. The molecule has 2 rings (SSSR count). The highest BCUT2D eigenvalue weighted by Gasteiger charge is 2.17. The van der Waals surface area contributed by atoms with Gasteiger partial charge in [-0.2, -0.15) is 0 Å². The van der Waals surface area contributed by atoms with E-state index >= 15 is 0 Å².